The Labute approximate surface area is 221 Å². The average Bonchev–Trinajstić information content (AvgIpc) is 3.48. The maximum absolute atomic E-state index is 13.2. The molecule has 1 aliphatic heterocycles. The standard InChI is InChI=1S/C24H25ClN6O3S2.2H2/c1-16(31-10-9-18-3-4-19(25)15-22(18)31)23(32)30-13-11-29(12-14-30)20-5-7-21(8-6-20)36(33,34)28-24-26-17(2)27-35-24;;/h3-10,15-16H,11-14H2,1-2H3,(H,26,27,28);2*1H/t16-;;/m1../s1. The van der Waals surface area contributed by atoms with E-state index >= 15 is 0 Å². The number of hydrogen-bond donors (Lipinski definition) is 1. The monoisotopic (exact) mass is 548 g/mol. The van der Waals surface area contributed by atoms with Gasteiger partial charge in [-0.1, -0.05) is 17.7 Å². The summed E-state index contributed by atoms with van der Waals surface area (Å²) in [5.41, 5.74) is 1.85. The van der Waals surface area contributed by atoms with Gasteiger partial charge in [-0.05, 0) is 61.7 Å². The molecule has 0 unspecified atom stereocenters. The number of nitrogens with one attached hydrogen (secondary N) is 1. The number of sulfonamides is 1. The summed E-state index contributed by atoms with van der Waals surface area (Å²) in [6, 6.07) is 14.0. The van der Waals surface area contributed by atoms with Crippen molar-refractivity contribution in [2.45, 2.75) is 24.8 Å². The number of anilines is 2. The molecule has 1 N–H and O–H groups in total. The number of aromatic nitrogens is 3. The van der Waals surface area contributed by atoms with Crippen LogP contribution >= 0.6 is 23.1 Å². The lowest BCUT2D eigenvalue weighted by atomic mass is 10.2. The molecule has 36 heavy (non-hydrogen) atoms. The highest BCUT2D eigenvalue weighted by Gasteiger charge is 2.27. The number of benzene rings is 2. The number of halogens is 1. The summed E-state index contributed by atoms with van der Waals surface area (Å²) in [5, 5.41) is 1.92. The second kappa shape index (κ2) is 9.72. The van der Waals surface area contributed by atoms with Crippen LogP contribution in [0.4, 0.5) is 10.8 Å². The van der Waals surface area contributed by atoms with Crippen LogP contribution in [0.15, 0.2) is 59.6 Å². The minimum atomic E-state index is -3.74. The van der Waals surface area contributed by atoms with Gasteiger partial charge < -0.3 is 14.4 Å². The third kappa shape index (κ3) is 4.91. The van der Waals surface area contributed by atoms with Gasteiger partial charge in [-0.25, -0.2) is 13.4 Å². The van der Waals surface area contributed by atoms with Crippen LogP contribution in [0.5, 0.6) is 0 Å². The molecule has 0 spiro atoms. The zero-order valence-corrected chi connectivity index (χ0v) is 22.1. The van der Waals surface area contributed by atoms with Crippen LogP contribution in [0.25, 0.3) is 10.9 Å². The van der Waals surface area contributed by atoms with E-state index in [2.05, 4.69) is 19.0 Å². The summed E-state index contributed by atoms with van der Waals surface area (Å²) in [6.45, 7) is 6.10. The second-order valence-corrected chi connectivity index (χ2v) is 11.5. The maximum atomic E-state index is 13.2. The van der Waals surface area contributed by atoms with Gasteiger partial charge in [0.2, 0.25) is 11.0 Å². The number of hydrogen-bond acceptors (Lipinski definition) is 7. The fourth-order valence-corrected chi connectivity index (χ4v) is 6.34. The molecule has 1 fully saturated rings. The third-order valence-corrected chi connectivity index (χ3v) is 8.75. The van der Waals surface area contributed by atoms with E-state index in [0.717, 1.165) is 28.1 Å². The molecule has 9 nitrogen and oxygen atoms in total. The Morgan fingerprint density at radius 1 is 1.11 bits per heavy atom. The molecule has 3 heterocycles. The van der Waals surface area contributed by atoms with E-state index in [1.165, 1.54) is 0 Å². The van der Waals surface area contributed by atoms with Gasteiger partial charge in [-0.2, -0.15) is 4.37 Å². The van der Waals surface area contributed by atoms with Crippen LogP contribution in [0.2, 0.25) is 5.02 Å². The Hall–Kier alpha value is -3.15. The predicted octanol–water partition coefficient (Wildman–Crippen LogP) is 4.66. The molecule has 0 saturated carbocycles. The zero-order chi connectivity index (χ0) is 25.4. The summed E-state index contributed by atoms with van der Waals surface area (Å²) in [6.07, 6.45) is 1.93. The Bertz CT molecular complexity index is 1520. The van der Waals surface area contributed by atoms with Crippen molar-refractivity contribution < 1.29 is 16.1 Å². The van der Waals surface area contributed by atoms with Gasteiger partial charge in [0.05, 0.1) is 10.4 Å². The molecule has 0 aliphatic carbocycles. The van der Waals surface area contributed by atoms with Crippen molar-refractivity contribution in [2.24, 2.45) is 0 Å². The topological polar surface area (TPSA) is 100 Å². The first-order valence-corrected chi connectivity index (χ1v) is 14.1. The molecule has 4 aromatic rings. The number of carbonyl (C=O) groups excluding carboxylic acids is 1. The van der Waals surface area contributed by atoms with Crippen LogP contribution in [0.3, 0.4) is 0 Å². The van der Waals surface area contributed by atoms with Crippen LogP contribution in [0, 0.1) is 6.92 Å². The number of nitrogens with zero attached hydrogens (tertiary/aromatic N) is 5. The van der Waals surface area contributed by atoms with E-state index in [0.29, 0.717) is 37.0 Å². The minimum absolute atomic E-state index is 0. The lowest BCUT2D eigenvalue weighted by molar-refractivity contribution is -0.134. The number of aryl methyl sites for hydroxylation is 1. The molecule has 0 bridgehead atoms. The largest absolute Gasteiger partial charge is 0.368 e. The fraction of sp³-hybridized carbons (Fsp3) is 0.292. The van der Waals surface area contributed by atoms with Gasteiger partial charge in [0.25, 0.3) is 10.0 Å². The molecule has 12 heteroatoms. The molecule has 192 valence electrons. The van der Waals surface area contributed by atoms with Gasteiger partial charge >= 0.3 is 0 Å². The van der Waals surface area contributed by atoms with Crippen molar-refractivity contribution in [3.8, 4) is 0 Å². The quantitative estimate of drug-likeness (QED) is 0.376. The highest BCUT2D eigenvalue weighted by Crippen LogP contribution is 2.26. The molecule has 1 aliphatic rings. The predicted molar refractivity (Wildman–Crippen MR) is 147 cm³/mol. The zero-order valence-electron chi connectivity index (χ0n) is 19.8. The van der Waals surface area contributed by atoms with Gasteiger partial charge in [-0.15, -0.1) is 0 Å². The van der Waals surface area contributed by atoms with Crippen LogP contribution in [-0.2, 0) is 14.8 Å². The van der Waals surface area contributed by atoms with Gasteiger partial charge in [0, 0.05) is 57.5 Å². The first kappa shape index (κ1) is 24.5. The van der Waals surface area contributed by atoms with Crippen molar-refractivity contribution in [3.63, 3.8) is 0 Å². The lowest BCUT2D eigenvalue weighted by Gasteiger charge is -2.37. The lowest BCUT2D eigenvalue weighted by Crippen LogP contribution is -2.50. The van der Waals surface area contributed by atoms with E-state index in [1.54, 1.807) is 31.2 Å². The first-order chi connectivity index (χ1) is 17.2. The van der Waals surface area contributed by atoms with Crippen LogP contribution in [0.1, 0.15) is 21.6 Å². The van der Waals surface area contributed by atoms with Crippen molar-refractivity contribution in [3.05, 3.63) is 65.6 Å². The normalized spacial score (nSPS) is 15.3. The van der Waals surface area contributed by atoms with Crippen LogP contribution < -0.4 is 9.62 Å². The molecule has 5 rings (SSSR count). The summed E-state index contributed by atoms with van der Waals surface area (Å²) in [5.74, 6) is 0.581. The van der Waals surface area contributed by atoms with Crippen molar-refractivity contribution in [2.75, 3.05) is 35.8 Å². The molecule has 1 saturated heterocycles. The first-order valence-electron chi connectivity index (χ1n) is 11.4. The Kier molecular flexibility index (Phi) is 6.62. The second-order valence-electron chi connectivity index (χ2n) is 8.66. The van der Waals surface area contributed by atoms with Crippen LogP contribution in [-0.4, -0.2) is 59.3 Å². The molecule has 0 radical (unpaired) electrons. The molecular weight excluding hydrogens is 520 g/mol. The molecular formula is C24H29ClN6O3S2. The Morgan fingerprint density at radius 3 is 2.50 bits per heavy atom. The summed E-state index contributed by atoms with van der Waals surface area (Å²) in [4.78, 5) is 21.5. The fourth-order valence-electron chi connectivity index (χ4n) is 4.38. The Morgan fingerprint density at radius 2 is 1.83 bits per heavy atom. The molecule has 1 atom stereocenters. The third-order valence-electron chi connectivity index (χ3n) is 6.31. The van der Waals surface area contributed by atoms with E-state index < -0.39 is 10.0 Å². The van der Waals surface area contributed by atoms with E-state index in [4.69, 9.17) is 11.6 Å². The minimum Gasteiger partial charge on any atom is -0.368 e. The number of piperazine rings is 1. The summed E-state index contributed by atoms with van der Waals surface area (Å²) < 4.78 is 33.7. The molecule has 2 aromatic carbocycles. The van der Waals surface area contributed by atoms with E-state index in [1.807, 2.05) is 46.9 Å². The van der Waals surface area contributed by atoms with Crippen molar-refractivity contribution >= 4 is 60.8 Å². The van der Waals surface area contributed by atoms with E-state index in [-0.39, 0.29) is 24.8 Å². The van der Waals surface area contributed by atoms with Crippen molar-refractivity contribution in [1.82, 2.24) is 18.8 Å². The smallest absolute Gasteiger partial charge is 0.263 e. The van der Waals surface area contributed by atoms with E-state index in [9.17, 15) is 13.2 Å². The summed E-state index contributed by atoms with van der Waals surface area (Å²) >= 11 is 7.17. The SMILES string of the molecule is Cc1nsc(NS(=O)(=O)c2ccc(N3CCN(C(=O)[C@@H](C)n4ccc5ccc(Cl)cc54)CC3)cc2)n1.[HH].[HH]. The number of rotatable bonds is 6. The van der Waals surface area contributed by atoms with Gasteiger partial charge in [-0.3, -0.25) is 9.52 Å². The highest BCUT2D eigenvalue weighted by molar-refractivity contribution is 7.93. The Balaban J connectivity index is 0.00000200. The highest BCUT2D eigenvalue weighted by atomic mass is 35.5. The van der Waals surface area contributed by atoms with Gasteiger partial charge in [0.1, 0.15) is 11.9 Å². The van der Waals surface area contributed by atoms with Crippen molar-refractivity contribution in [1.29, 1.82) is 0 Å². The maximum Gasteiger partial charge on any atom is 0.263 e. The van der Waals surface area contributed by atoms with Gasteiger partial charge in [0.15, 0.2) is 0 Å². The molecule has 1 amide bonds. The summed E-state index contributed by atoms with van der Waals surface area (Å²) in [7, 11) is -3.74. The average molecular weight is 549 g/mol. The molecule has 2 aromatic heterocycles. The number of carbonyl (C=O) groups is 1. The number of fused-ring (bicyclic) bond motifs is 1. The number of amides is 1.